The van der Waals surface area contributed by atoms with Gasteiger partial charge in [0.25, 0.3) is 0 Å². The Balaban J connectivity index is 1.54. The van der Waals surface area contributed by atoms with Crippen molar-refractivity contribution in [2.45, 2.75) is 19.4 Å². The van der Waals surface area contributed by atoms with Crippen molar-refractivity contribution in [1.82, 2.24) is 29.7 Å². The Labute approximate surface area is 198 Å². The first kappa shape index (κ1) is 21.1. The highest BCUT2D eigenvalue weighted by atomic mass is 19.1. The van der Waals surface area contributed by atoms with Gasteiger partial charge in [-0.1, -0.05) is 6.07 Å². The highest BCUT2D eigenvalue weighted by Gasteiger charge is 2.27. The van der Waals surface area contributed by atoms with E-state index in [1.807, 2.05) is 28.8 Å². The highest BCUT2D eigenvalue weighted by Crippen LogP contribution is 2.36. The second kappa shape index (κ2) is 8.08. The van der Waals surface area contributed by atoms with Gasteiger partial charge in [-0.3, -0.25) is 9.20 Å². The summed E-state index contributed by atoms with van der Waals surface area (Å²) >= 11 is 0. The van der Waals surface area contributed by atoms with Crippen LogP contribution in [0.3, 0.4) is 0 Å². The number of benzene rings is 2. The number of anilines is 1. The minimum absolute atomic E-state index is 0.0494. The van der Waals surface area contributed by atoms with Gasteiger partial charge in [0.05, 0.1) is 22.4 Å². The molecule has 1 aliphatic rings. The summed E-state index contributed by atoms with van der Waals surface area (Å²) in [5, 5.41) is 2.98. The topological polar surface area (TPSA) is 111 Å². The number of rotatable bonds is 4. The summed E-state index contributed by atoms with van der Waals surface area (Å²) in [5.74, 6) is 0.336. The van der Waals surface area contributed by atoms with Crippen LogP contribution in [0.15, 0.2) is 59.7 Å². The van der Waals surface area contributed by atoms with E-state index in [0.29, 0.717) is 34.7 Å². The predicted octanol–water partition coefficient (Wildman–Crippen LogP) is 3.09. The average molecular weight is 471 g/mol. The molecule has 0 spiro atoms. The lowest BCUT2D eigenvalue weighted by atomic mass is 10.0. The molecule has 0 aliphatic carbocycles. The standard InChI is InChI=1S/C25H22FN7O2/c1-14(34)28-18-8-10-32(13-18)23-24-31-21(15-2-5-17(26)6-3-15)22(33(24)11-9-27-23)16-4-7-19-20(12-16)30-25(35)29-19/h2-7,9,11-12,18H,8,10,13H2,1H3,(H,28,34)(H2,29,30,35)/t18-/m0/s1. The van der Waals surface area contributed by atoms with Gasteiger partial charge in [0.2, 0.25) is 5.91 Å². The Morgan fingerprint density at radius 3 is 2.69 bits per heavy atom. The van der Waals surface area contributed by atoms with Crippen LogP contribution in [0.5, 0.6) is 0 Å². The molecule has 3 N–H and O–H groups in total. The molecule has 0 radical (unpaired) electrons. The number of imidazole rings is 2. The predicted molar refractivity (Wildman–Crippen MR) is 131 cm³/mol. The Morgan fingerprint density at radius 1 is 1.11 bits per heavy atom. The van der Waals surface area contributed by atoms with E-state index < -0.39 is 0 Å². The van der Waals surface area contributed by atoms with E-state index in [1.54, 1.807) is 18.3 Å². The summed E-state index contributed by atoms with van der Waals surface area (Å²) in [6, 6.07) is 11.9. The van der Waals surface area contributed by atoms with Crippen molar-refractivity contribution < 1.29 is 9.18 Å². The van der Waals surface area contributed by atoms with Crippen molar-refractivity contribution in [3.63, 3.8) is 0 Å². The van der Waals surface area contributed by atoms with Crippen LogP contribution in [-0.4, -0.2) is 49.4 Å². The SMILES string of the molecule is CC(=O)N[C@H]1CCN(c2nccn3c(-c4ccc5[nH]c(=O)[nH]c5c4)c(-c4ccc(F)cc4)nc23)C1. The van der Waals surface area contributed by atoms with Crippen LogP contribution < -0.4 is 15.9 Å². The molecule has 0 saturated carbocycles. The maximum Gasteiger partial charge on any atom is 0.323 e. The molecule has 0 bridgehead atoms. The summed E-state index contributed by atoms with van der Waals surface area (Å²) in [6.07, 6.45) is 4.39. The van der Waals surface area contributed by atoms with Gasteiger partial charge in [0.15, 0.2) is 11.5 Å². The van der Waals surface area contributed by atoms with Crippen molar-refractivity contribution in [3.05, 3.63) is 71.2 Å². The van der Waals surface area contributed by atoms with Gasteiger partial charge in [-0.2, -0.15) is 0 Å². The number of H-pyrrole nitrogens is 2. The maximum atomic E-state index is 13.7. The van der Waals surface area contributed by atoms with Crippen LogP contribution in [-0.2, 0) is 4.79 Å². The first-order chi connectivity index (χ1) is 17.0. The molecule has 10 heteroatoms. The van der Waals surface area contributed by atoms with Crippen LogP contribution in [0, 0.1) is 5.82 Å². The molecule has 2 aromatic carbocycles. The molecular formula is C25H22FN7O2. The summed E-state index contributed by atoms with van der Waals surface area (Å²) in [6.45, 7) is 2.89. The number of hydrogen-bond acceptors (Lipinski definition) is 5. The Kier molecular flexibility index (Phi) is 4.87. The molecule has 4 heterocycles. The molecule has 1 saturated heterocycles. The summed E-state index contributed by atoms with van der Waals surface area (Å²) in [4.78, 5) is 40.6. The third-order valence-corrected chi connectivity index (χ3v) is 6.33. The third-order valence-electron chi connectivity index (χ3n) is 6.33. The third kappa shape index (κ3) is 3.72. The lowest BCUT2D eigenvalue weighted by Crippen LogP contribution is -2.35. The molecule has 0 unspecified atom stereocenters. The number of carbonyl (C=O) groups excluding carboxylic acids is 1. The largest absolute Gasteiger partial charge is 0.352 e. The molecule has 1 amide bonds. The fourth-order valence-electron chi connectivity index (χ4n) is 4.81. The monoisotopic (exact) mass is 471 g/mol. The molecule has 9 nitrogen and oxygen atoms in total. The molecule has 5 aromatic rings. The Hall–Kier alpha value is -4.47. The van der Waals surface area contributed by atoms with Crippen molar-refractivity contribution in [3.8, 4) is 22.5 Å². The zero-order valence-corrected chi connectivity index (χ0v) is 18.9. The second-order valence-corrected chi connectivity index (χ2v) is 8.73. The van der Waals surface area contributed by atoms with Gasteiger partial charge in [0, 0.05) is 49.6 Å². The zero-order valence-electron chi connectivity index (χ0n) is 18.9. The number of nitrogens with one attached hydrogen (secondary N) is 3. The van der Waals surface area contributed by atoms with Crippen LogP contribution >= 0.6 is 0 Å². The smallest absolute Gasteiger partial charge is 0.323 e. The van der Waals surface area contributed by atoms with E-state index in [1.165, 1.54) is 19.1 Å². The number of aromatic amines is 2. The molecule has 6 rings (SSSR count). The molecule has 176 valence electrons. The first-order valence-electron chi connectivity index (χ1n) is 11.3. The minimum atomic E-state index is -0.325. The lowest BCUT2D eigenvalue weighted by molar-refractivity contribution is -0.119. The normalized spacial score (nSPS) is 15.8. The fourth-order valence-corrected chi connectivity index (χ4v) is 4.81. The molecule has 1 atom stereocenters. The number of amides is 1. The van der Waals surface area contributed by atoms with Gasteiger partial charge in [-0.05, 0) is 42.8 Å². The van der Waals surface area contributed by atoms with Gasteiger partial charge in [-0.25, -0.2) is 19.2 Å². The highest BCUT2D eigenvalue weighted by molar-refractivity contribution is 5.89. The van der Waals surface area contributed by atoms with Crippen molar-refractivity contribution >= 4 is 28.4 Å². The molecule has 35 heavy (non-hydrogen) atoms. The lowest BCUT2D eigenvalue weighted by Gasteiger charge is -2.18. The van der Waals surface area contributed by atoms with Gasteiger partial charge >= 0.3 is 5.69 Å². The minimum Gasteiger partial charge on any atom is -0.352 e. The fraction of sp³-hybridized carbons (Fsp3) is 0.200. The van der Waals surface area contributed by atoms with Crippen LogP contribution in [0.2, 0.25) is 0 Å². The van der Waals surface area contributed by atoms with E-state index in [2.05, 4.69) is 25.2 Å². The van der Waals surface area contributed by atoms with Crippen molar-refractivity contribution in [2.24, 2.45) is 0 Å². The van der Waals surface area contributed by atoms with Gasteiger partial charge in [-0.15, -0.1) is 0 Å². The van der Waals surface area contributed by atoms with Crippen molar-refractivity contribution in [2.75, 3.05) is 18.0 Å². The number of aromatic nitrogens is 5. The Bertz CT molecular complexity index is 1630. The van der Waals surface area contributed by atoms with E-state index in [-0.39, 0.29) is 23.5 Å². The van der Waals surface area contributed by atoms with E-state index in [4.69, 9.17) is 4.98 Å². The number of hydrogen-bond donors (Lipinski definition) is 3. The summed E-state index contributed by atoms with van der Waals surface area (Å²) in [5.41, 5.74) is 4.85. The van der Waals surface area contributed by atoms with E-state index in [0.717, 1.165) is 29.8 Å². The first-order valence-corrected chi connectivity index (χ1v) is 11.3. The van der Waals surface area contributed by atoms with E-state index >= 15 is 0 Å². The van der Waals surface area contributed by atoms with E-state index in [9.17, 15) is 14.0 Å². The molecule has 3 aromatic heterocycles. The second-order valence-electron chi connectivity index (χ2n) is 8.73. The summed E-state index contributed by atoms with van der Waals surface area (Å²) < 4.78 is 15.7. The molecular weight excluding hydrogens is 449 g/mol. The number of nitrogens with zero attached hydrogens (tertiary/aromatic N) is 4. The average Bonchev–Trinajstić information content (AvgIpc) is 3.54. The number of halogens is 1. The number of fused-ring (bicyclic) bond motifs is 2. The molecule has 1 fully saturated rings. The van der Waals surface area contributed by atoms with Crippen LogP contribution in [0.1, 0.15) is 13.3 Å². The van der Waals surface area contributed by atoms with Crippen LogP contribution in [0.4, 0.5) is 10.2 Å². The number of carbonyl (C=O) groups is 1. The summed E-state index contributed by atoms with van der Waals surface area (Å²) in [7, 11) is 0. The van der Waals surface area contributed by atoms with Crippen molar-refractivity contribution in [1.29, 1.82) is 0 Å². The Morgan fingerprint density at radius 2 is 1.89 bits per heavy atom. The van der Waals surface area contributed by atoms with Crippen LogP contribution in [0.25, 0.3) is 39.2 Å². The maximum absolute atomic E-state index is 13.7. The zero-order chi connectivity index (χ0) is 24.1. The van der Waals surface area contributed by atoms with Gasteiger partial charge < -0.3 is 20.2 Å². The quantitative estimate of drug-likeness (QED) is 0.373. The van der Waals surface area contributed by atoms with Gasteiger partial charge in [0.1, 0.15) is 5.82 Å². The molecule has 1 aliphatic heterocycles.